The second kappa shape index (κ2) is 9.99. The van der Waals surface area contributed by atoms with Gasteiger partial charge in [-0.15, -0.1) is 0 Å². The van der Waals surface area contributed by atoms with Gasteiger partial charge in [0.2, 0.25) is 0 Å². The lowest BCUT2D eigenvalue weighted by molar-refractivity contribution is -0.0586. The van der Waals surface area contributed by atoms with Gasteiger partial charge in [-0.1, -0.05) is 19.1 Å². The fourth-order valence-electron chi connectivity index (χ4n) is 4.09. The summed E-state index contributed by atoms with van der Waals surface area (Å²) >= 11 is 0. The topological polar surface area (TPSA) is 101 Å². The van der Waals surface area contributed by atoms with Gasteiger partial charge in [0.15, 0.2) is 0 Å². The summed E-state index contributed by atoms with van der Waals surface area (Å²) in [4.78, 5) is 42.4. The van der Waals surface area contributed by atoms with Crippen LogP contribution in [0.25, 0.3) is 0 Å². The highest BCUT2D eigenvalue weighted by Gasteiger charge is 2.27. The summed E-state index contributed by atoms with van der Waals surface area (Å²) < 4.78 is 10.5. The zero-order valence-electron chi connectivity index (χ0n) is 19.3. The highest BCUT2D eigenvalue weighted by atomic mass is 16.5. The van der Waals surface area contributed by atoms with Crippen molar-refractivity contribution in [2.24, 2.45) is 0 Å². The minimum atomic E-state index is -0.459. The van der Waals surface area contributed by atoms with E-state index in [9.17, 15) is 14.4 Å². The first kappa shape index (κ1) is 23.5. The molecule has 1 aliphatic heterocycles. The molecule has 1 fully saturated rings. The summed E-state index contributed by atoms with van der Waals surface area (Å²) in [6, 6.07) is 7.22. The molecule has 0 spiro atoms. The standard InChI is InChI=1S/C24H31N3O5/c1-6-19-20(24(30)31-5)16(4)21(26-19)22(28)25-11-17-7-9-18(10-8-17)23(29)27-12-14(2)32-15(3)13-27/h7-10,14-15,26H,6,11-13H2,1-5H3,(H,25,28). The highest BCUT2D eigenvalue weighted by molar-refractivity contribution is 6.00. The minimum Gasteiger partial charge on any atom is -0.465 e. The Balaban J connectivity index is 1.64. The number of carbonyl (C=O) groups is 3. The number of morpholine rings is 1. The molecular formula is C24H31N3O5. The van der Waals surface area contributed by atoms with Crippen molar-refractivity contribution in [3.05, 3.63) is 57.9 Å². The van der Waals surface area contributed by atoms with Crippen molar-refractivity contribution in [1.29, 1.82) is 0 Å². The molecule has 2 amide bonds. The van der Waals surface area contributed by atoms with Gasteiger partial charge in [-0.25, -0.2) is 4.79 Å². The van der Waals surface area contributed by atoms with Gasteiger partial charge in [-0.3, -0.25) is 9.59 Å². The lowest BCUT2D eigenvalue weighted by Gasteiger charge is -2.35. The van der Waals surface area contributed by atoms with Crippen molar-refractivity contribution in [2.75, 3.05) is 20.2 Å². The monoisotopic (exact) mass is 441 g/mol. The smallest absolute Gasteiger partial charge is 0.339 e. The van der Waals surface area contributed by atoms with Gasteiger partial charge in [0, 0.05) is 30.9 Å². The zero-order chi connectivity index (χ0) is 23.4. The summed E-state index contributed by atoms with van der Waals surface area (Å²) in [5.41, 5.74) is 3.48. The van der Waals surface area contributed by atoms with Crippen molar-refractivity contribution in [3.8, 4) is 0 Å². The summed E-state index contributed by atoms with van der Waals surface area (Å²) in [5, 5.41) is 2.87. The van der Waals surface area contributed by atoms with Crippen LogP contribution in [0.2, 0.25) is 0 Å². The maximum absolute atomic E-state index is 12.8. The van der Waals surface area contributed by atoms with E-state index in [0.717, 1.165) is 5.56 Å². The van der Waals surface area contributed by atoms with Crippen molar-refractivity contribution < 1.29 is 23.9 Å². The second-order valence-electron chi connectivity index (χ2n) is 8.17. The van der Waals surface area contributed by atoms with Gasteiger partial charge in [-0.05, 0) is 50.5 Å². The van der Waals surface area contributed by atoms with E-state index in [1.807, 2.05) is 37.8 Å². The first-order valence-corrected chi connectivity index (χ1v) is 10.9. The van der Waals surface area contributed by atoms with Crippen LogP contribution in [0.3, 0.4) is 0 Å². The van der Waals surface area contributed by atoms with Gasteiger partial charge in [0.25, 0.3) is 11.8 Å². The third kappa shape index (κ3) is 5.02. The Hall–Kier alpha value is -3.13. The Morgan fingerprint density at radius 3 is 2.34 bits per heavy atom. The lowest BCUT2D eigenvalue weighted by Crippen LogP contribution is -2.48. The quantitative estimate of drug-likeness (QED) is 0.672. The number of aryl methyl sites for hydroxylation is 1. The number of rotatable bonds is 6. The molecule has 32 heavy (non-hydrogen) atoms. The summed E-state index contributed by atoms with van der Waals surface area (Å²) in [6.07, 6.45) is 0.609. The fraction of sp³-hybridized carbons (Fsp3) is 0.458. The molecule has 2 atom stereocenters. The molecule has 2 aromatic rings. The molecule has 172 valence electrons. The second-order valence-corrected chi connectivity index (χ2v) is 8.17. The normalized spacial score (nSPS) is 18.3. The number of benzene rings is 1. The molecule has 8 heteroatoms. The molecule has 0 radical (unpaired) electrons. The third-order valence-corrected chi connectivity index (χ3v) is 5.66. The summed E-state index contributed by atoms with van der Waals surface area (Å²) in [5.74, 6) is -0.783. The van der Waals surface area contributed by atoms with Crippen LogP contribution in [0.4, 0.5) is 0 Å². The largest absolute Gasteiger partial charge is 0.465 e. The molecule has 0 saturated carbocycles. The van der Waals surface area contributed by atoms with Gasteiger partial charge in [0.1, 0.15) is 5.69 Å². The zero-order valence-corrected chi connectivity index (χ0v) is 19.3. The van der Waals surface area contributed by atoms with Gasteiger partial charge < -0.3 is 24.7 Å². The Labute approximate surface area is 188 Å². The van der Waals surface area contributed by atoms with Crippen LogP contribution in [-0.4, -0.2) is 60.1 Å². The van der Waals surface area contributed by atoms with Crippen LogP contribution in [0.15, 0.2) is 24.3 Å². The summed E-state index contributed by atoms with van der Waals surface area (Å²) in [7, 11) is 1.32. The number of carbonyl (C=O) groups excluding carboxylic acids is 3. The number of ether oxygens (including phenoxy) is 2. The van der Waals surface area contributed by atoms with Crippen LogP contribution in [-0.2, 0) is 22.4 Å². The van der Waals surface area contributed by atoms with E-state index >= 15 is 0 Å². The molecule has 1 aromatic carbocycles. The number of methoxy groups -OCH3 is 1. The van der Waals surface area contributed by atoms with Gasteiger partial charge in [-0.2, -0.15) is 0 Å². The number of H-pyrrole nitrogens is 1. The van der Waals surface area contributed by atoms with Gasteiger partial charge in [0.05, 0.1) is 24.9 Å². The Kier molecular flexibility index (Phi) is 7.35. The number of nitrogens with zero attached hydrogens (tertiary/aromatic N) is 1. The minimum absolute atomic E-state index is 0.0153. The number of esters is 1. The molecule has 2 N–H and O–H groups in total. The SMILES string of the molecule is CCc1[nH]c(C(=O)NCc2ccc(C(=O)N3CC(C)OC(C)C3)cc2)c(C)c1C(=O)OC. The van der Waals surface area contributed by atoms with Gasteiger partial charge >= 0.3 is 5.97 Å². The number of aromatic nitrogens is 1. The first-order chi connectivity index (χ1) is 15.2. The molecule has 2 heterocycles. The van der Waals surface area contributed by atoms with E-state index in [-0.39, 0.29) is 24.0 Å². The van der Waals surface area contributed by atoms with E-state index in [4.69, 9.17) is 9.47 Å². The average Bonchev–Trinajstić information content (AvgIpc) is 3.12. The van der Waals surface area contributed by atoms with Crippen LogP contribution in [0, 0.1) is 6.92 Å². The molecule has 1 saturated heterocycles. The van der Waals surface area contributed by atoms with E-state index in [2.05, 4.69) is 10.3 Å². The molecule has 0 bridgehead atoms. The van der Waals surface area contributed by atoms with E-state index in [0.29, 0.717) is 54.1 Å². The van der Waals surface area contributed by atoms with E-state index in [1.54, 1.807) is 19.1 Å². The number of hydrogen-bond donors (Lipinski definition) is 2. The van der Waals surface area contributed by atoms with Crippen molar-refractivity contribution >= 4 is 17.8 Å². The van der Waals surface area contributed by atoms with E-state index < -0.39 is 5.97 Å². The highest BCUT2D eigenvalue weighted by Crippen LogP contribution is 2.20. The third-order valence-electron chi connectivity index (χ3n) is 5.66. The van der Waals surface area contributed by atoms with Crippen LogP contribution in [0.1, 0.15) is 68.8 Å². The molecular weight excluding hydrogens is 410 g/mol. The number of hydrogen-bond acceptors (Lipinski definition) is 5. The van der Waals surface area contributed by atoms with Crippen molar-refractivity contribution in [3.63, 3.8) is 0 Å². The molecule has 1 aliphatic rings. The fourth-order valence-corrected chi connectivity index (χ4v) is 4.09. The molecule has 3 rings (SSSR count). The Morgan fingerprint density at radius 1 is 1.16 bits per heavy atom. The van der Waals surface area contributed by atoms with Crippen LogP contribution in [0.5, 0.6) is 0 Å². The van der Waals surface area contributed by atoms with Crippen LogP contribution >= 0.6 is 0 Å². The predicted molar refractivity (Wildman–Crippen MR) is 120 cm³/mol. The maximum Gasteiger partial charge on any atom is 0.339 e. The summed E-state index contributed by atoms with van der Waals surface area (Å²) in [6.45, 7) is 9.00. The van der Waals surface area contributed by atoms with Crippen LogP contribution < -0.4 is 5.32 Å². The maximum atomic E-state index is 12.8. The number of amides is 2. The number of aromatic amines is 1. The molecule has 2 unspecified atom stereocenters. The predicted octanol–water partition coefficient (Wildman–Crippen LogP) is 2.85. The average molecular weight is 442 g/mol. The van der Waals surface area contributed by atoms with Crippen molar-refractivity contribution in [2.45, 2.75) is 52.9 Å². The lowest BCUT2D eigenvalue weighted by atomic mass is 10.1. The van der Waals surface area contributed by atoms with Crippen molar-refractivity contribution in [1.82, 2.24) is 15.2 Å². The molecule has 8 nitrogen and oxygen atoms in total. The number of nitrogens with one attached hydrogen (secondary N) is 2. The molecule has 0 aliphatic carbocycles. The first-order valence-electron chi connectivity index (χ1n) is 10.9. The molecule has 1 aromatic heterocycles. The Morgan fingerprint density at radius 2 is 1.78 bits per heavy atom. The van der Waals surface area contributed by atoms with E-state index in [1.165, 1.54) is 7.11 Å². The Bertz CT molecular complexity index is 986.